The lowest BCUT2D eigenvalue weighted by molar-refractivity contribution is -0.147. The van der Waals surface area contributed by atoms with Gasteiger partial charge in [-0.1, -0.05) is 38.5 Å². The van der Waals surface area contributed by atoms with Gasteiger partial charge < -0.3 is 24.4 Å². The molecule has 0 amide bonds. The molecule has 0 atom stereocenters. The minimum absolute atomic E-state index is 0.160. The molecule has 0 saturated carbocycles. The van der Waals surface area contributed by atoms with Crippen molar-refractivity contribution in [2.45, 2.75) is 89.9 Å². The van der Waals surface area contributed by atoms with Crippen LogP contribution in [0.1, 0.15) is 89.9 Å². The number of aliphatic carboxylic acids is 2. The standard InChI is InChI=1S/C22H38O9/c23-19(24)11-7-3-1-5-9-13-21(27)30-17-15-29-16-18-31-22(28)14-10-6-2-4-8-12-20(25)26/h1-18H2,(H,23,24)(H,25,26). The Morgan fingerprint density at radius 1 is 0.452 bits per heavy atom. The van der Waals surface area contributed by atoms with Crippen molar-refractivity contribution in [3.63, 3.8) is 0 Å². The summed E-state index contributed by atoms with van der Waals surface area (Å²) in [5.41, 5.74) is 0. The molecule has 0 unspecified atom stereocenters. The van der Waals surface area contributed by atoms with Crippen molar-refractivity contribution >= 4 is 23.9 Å². The van der Waals surface area contributed by atoms with Gasteiger partial charge in [0.05, 0.1) is 13.2 Å². The highest BCUT2D eigenvalue weighted by Crippen LogP contribution is 2.08. The minimum Gasteiger partial charge on any atom is -0.481 e. The normalized spacial score (nSPS) is 10.6. The largest absolute Gasteiger partial charge is 0.481 e. The fraction of sp³-hybridized carbons (Fsp3) is 0.818. The molecule has 0 bridgehead atoms. The van der Waals surface area contributed by atoms with Crippen LogP contribution in [0.4, 0.5) is 0 Å². The van der Waals surface area contributed by atoms with Crippen LogP contribution in [-0.4, -0.2) is 60.5 Å². The van der Waals surface area contributed by atoms with Crippen LogP contribution < -0.4 is 0 Å². The van der Waals surface area contributed by atoms with Crippen LogP contribution in [0.15, 0.2) is 0 Å². The van der Waals surface area contributed by atoms with E-state index >= 15 is 0 Å². The van der Waals surface area contributed by atoms with Crippen molar-refractivity contribution in [1.82, 2.24) is 0 Å². The Balaban J connectivity index is 3.31. The van der Waals surface area contributed by atoms with E-state index in [1.165, 1.54) is 0 Å². The van der Waals surface area contributed by atoms with E-state index in [9.17, 15) is 19.2 Å². The summed E-state index contributed by atoms with van der Waals surface area (Å²) in [5, 5.41) is 17.1. The first-order valence-electron chi connectivity index (χ1n) is 11.2. The molecule has 0 spiro atoms. The summed E-state index contributed by atoms with van der Waals surface area (Å²) < 4.78 is 15.4. The molecule has 0 heterocycles. The third kappa shape index (κ3) is 24.0. The Hall–Kier alpha value is -2.16. The maximum atomic E-state index is 11.6. The monoisotopic (exact) mass is 446 g/mol. The Morgan fingerprint density at radius 3 is 1.13 bits per heavy atom. The van der Waals surface area contributed by atoms with Gasteiger partial charge in [-0.05, 0) is 25.7 Å². The molecule has 0 aromatic carbocycles. The molecule has 0 radical (unpaired) electrons. The molecule has 0 aliphatic rings. The Labute approximate surface area is 184 Å². The van der Waals surface area contributed by atoms with Gasteiger partial charge in [-0.25, -0.2) is 0 Å². The molecule has 180 valence electrons. The van der Waals surface area contributed by atoms with Crippen molar-refractivity contribution in [2.24, 2.45) is 0 Å². The summed E-state index contributed by atoms with van der Waals surface area (Å²) in [5.74, 6) is -2.10. The molecule has 2 N–H and O–H groups in total. The minimum atomic E-state index is -0.776. The maximum Gasteiger partial charge on any atom is 0.305 e. The molecule has 0 aromatic rings. The molecule has 0 aliphatic heterocycles. The molecular formula is C22H38O9. The van der Waals surface area contributed by atoms with Gasteiger partial charge >= 0.3 is 23.9 Å². The van der Waals surface area contributed by atoms with E-state index in [0.717, 1.165) is 51.4 Å². The highest BCUT2D eigenvalue weighted by molar-refractivity contribution is 5.69. The van der Waals surface area contributed by atoms with Gasteiger partial charge in [0, 0.05) is 25.7 Å². The van der Waals surface area contributed by atoms with Crippen molar-refractivity contribution in [3.05, 3.63) is 0 Å². The molecular weight excluding hydrogens is 408 g/mol. The molecule has 9 heteroatoms. The topological polar surface area (TPSA) is 136 Å². The lowest BCUT2D eigenvalue weighted by atomic mass is 10.1. The summed E-state index contributed by atoms with van der Waals surface area (Å²) in [6, 6.07) is 0. The predicted octanol–water partition coefficient (Wildman–Crippen LogP) is 3.72. The first kappa shape index (κ1) is 28.8. The van der Waals surface area contributed by atoms with Gasteiger partial charge in [0.25, 0.3) is 0 Å². The highest BCUT2D eigenvalue weighted by atomic mass is 16.6. The van der Waals surface area contributed by atoms with Gasteiger partial charge in [0.1, 0.15) is 13.2 Å². The second-order valence-electron chi connectivity index (χ2n) is 7.38. The Kier molecular flexibility index (Phi) is 19.6. The van der Waals surface area contributed by atoms with Crippen molar-refractivity contribution in [1.29, 1.82) is 0 Å². The van der Waals surface area contributed by atoms with Crippen molar-refractivity contribution < 1.29 is 43.6 Å². The van der Waals surface area contributed by atoms with Gasteiger partial charge in [0.15, 0.2) is 0 Å². The zero-order chi connectivity index (χ0) is 23.2. The number of ether oxygens (including phenoxy) is 3. The molecule has 0 rings (SSSR count). The smallest absolute Gasteiger partial charge is 0.305 e. The molecule has 0 aromatic heterocycles. The number of carbonyl (C=O) groups is 4. The summed E-state index contributed by atoms with van der Waals surface area (Å²) in [6.07, 6.45) is 9.15. The first-order chi connectivity index (χ1) is 14.9. The summed E-state index contributed by atoms with van der Waals surface area (Å²) in [6.45, 7) is 0.810. The van der Waals surface area contributed by atoms with Crippen LogP contribution in [0, 0.1) is 0 Å². The summed E-state index contributed by atoms with van der Waals surface area (Å²) in [4.78, 5) is 43.9. The van der Waals surface area contributed by atoms with Gasteiger partial charge in [0.2, 0.25) is 0 Å². The Morgan fingerprint density at radius 2 is 0.774 bits per heavy atom. The van der Waals surface area contributed by atoms with Gasteiger partial charge in [-0.2, -0.15) is 0 Å². The molecule has 31 heavy (non-hydrogen) atoms. The van der Waals surface area contributed by atoms with Crippen LogP contribution in [0.25, 0.3) is 0 Å². The first-order valence-corrected chi connectivity index (χ1v) is 11.2. The second-order valence-corrected chi connectivity index (χ2v) is 7.38. The highest BCUT2D eigenvalue weighted by Gasteiger charge is 2.05. The second kappa shape index (κ2) is 21.1. The van der Waals surface area contributed by atoms with E-state index < -0.39 is 11.9 Å². The lowest BCUT2D eigenvalue weighted by Gasteiger charge is -2.07. The van der Waals surface area contributed by atoms with Crippen molar-refractivity contribution in [3.8, 4) is 0 Å². The number of rotatable bonds is 22. The summed E-state index contributed by atoms with van der Waals surface area (Å²) in [7, 11) is 0. The van der Waals surface area contributed by atoms with Crippen LogP contribution in [0.2, 0.25) is 0 Å². The molecule has 9 nitrogen and oxygen atoms in total. The lowest BCUT2D eigenvalue weighted by Crippen LogP contribution is -2.14. The fourth-order valence-corrected chi connectivity index (χ4v) is 2.83. The van der Waals surface area contributed by atoms with E-state index in [0.29, 0.717) is 25.7 Å². The number of carbonyl (C=O) groups excluding carboxylic acids is 2. The van der Waals surface area contributed by atoms with E-state index in [1.54, 1.807) is 0 Å². The number of carboxylic acid groups (broad SMARTS) is 2. The Bertz CT molecular complexity index is 461. The predicted molar refractivity (Wildman–Crippen MR) is 113 cm³/mol. The average molecular weight is 447 g/mol. The van der Waals surface area contributed by atoms with E-state index in [1.807, 2.05) is 0 Å². The average Bonchev–Trinajstić information content (AvgIpc) is 2.71. The third-order valence-electron chi connectivity index (χ3n) is 4.52. The quantitative estimate of drug-likeness (QED) is 0.188. The zero-order valence-electron chi connectivity index (χ0n) is 18.5. The number of carboxylic acids is 2. The maximum absolute atomic E-state index is 11.6. The fourth-order valence-electron chi connectivity index (χ4n) is 2.83. The van der Waals surface area contributed by atoms with Gasteiger partial charge in [-0.3, -0.25) is 19.2 Å². The van der Waals surface area contributed by atoms with Crippen LogP contribution in [0.5, 0.6) is 0 Å². The SMILES string of the molecule is O=C(O)CCCCCCCC(=O)OCCOCCOC(=O)CCCCCCCC(=O)O. The van der Waals surface area contributed by atoms with E-state index in [2.05, 4.69) is 0 Å². The van der Waals surface area contributed by atoms with E-state index in [4.69, 9.17) is 24.4 Å². The number of unbranched alkanes of at least 4 members (excludes halogenated alkanes) is 8. The molecule has 0 aliphatic carbocycles. The van der Waals surface area contributed by atoms with Crippen LogP contribution in [0.3, 0.4) is 0 Å². The molecule has 0 fully saturated rings. The number of esters is 2. The summed E-state index contributed by atoms with van der Waals surface area (Å²) >= 11 is 0. The van der Waals surface area contributed by atoms with Crippen LogP contribution in [-0.2, 0) is 33.4 Å². The number of hydrogen-bond donors (Lipinski definition) is 2. The third-order valence-corrected chi connectivity index (χ3v) is 4.52. The zero-order valence-corrected chi connectivity index (χ0v) is 18.5. The molecule has 0 saturated heterocycles. The number of hydrogen-bond acceptors (Lipinski definition) is 7. The van der Waals surface area contributed by atoms with Crippen molar-refractivity contribution in [2.75, 3.05) is 26.4 Å². The van der Waals surface area contributed by atoms with E-state index in [-0.39, 0.29) is 51.2 Å². The van der Waals surface area contributed by atoms with Crippen LogP contribution >= 0.6 is 0 Å². The van der Waals surface area contributed by atoms with Gasteiger partial charge in [-0.15, -0.1) is 0 Å².